The molecule has 0 unspecified atom stereocenters. The Morgan fingerprint density at radius 1 is 1.17 bits per heavy atom. The molecular weight excluding hydrogens is 146 g/mol. The molecule has 1 N–H and O–H groups in total. The summed E-state index contributed by atoms with van der Waals surface area (Å²) in [6.45, 7) is 1.22. The molecule has 0 aromatic heterocycles. The van der Waals surface area contributed by atoms with Crippen molar-refractivity contribution in [2.45, 2.75) is 31.7 Å². The van der Waals surface area contributed by atoms with Crippen LogP contribution in [0.4, 0.5) is 0 Å². The predicted molar refractivity (Wildman–Crippen MR) is 52.0 cm³/mol. The zero-order valence-corrected chi connectivity index (χ0v) is 7.50. The number of hydrogen-bond acceptors (Lipinski definition) is 1. The molecule has 1 heterocycles. The Balaban J connectivity index is 1.90. The summed E-state index contributed by atoms with van der Waals surface area (Å²) in [6.07, 6.45) is 14.3. The summed E-state index contributed by atoms with van der Waals surface area (Å²) < 4.78 is 0. The number of piperidine rings is 1. The Bertz CT molecular complexity index is 187. The first-order valence-electron chi connectivity index (χ1n) is 5.03. The molecule has 0 saturated carbocycles. The van der Waals surface area contributed by atoms with Crippen LogP contribution in [0.5, 0.6) is 0 Å². The number of rotatable bonds is 1. The largest absolute Gasteiger partial charge is 0.313 e. The SMILES string of the molecule is C1=CC[C@@H]([C@@H]2CCCCN2)C=C1. The van der Waals surface area contributed by atoms with Crippen LogP contribution in [-0.4, -0.2) is 12.6 Å². The quantitative estimate of drug-likeness (QED) is 0.625. The molecule has 1 aliphatic carbocycles. The smallest absolute Gasteiger partial charge is 0.0133 e. The molecule has 1 saturated heterocycles. The van der Waals surface area contributed by atoms with E-state index in [1.54, 1.807) is 0 Å². The van der Waals surface area contributed by atoms with Crippen molar-refractivity contribution in [2.75, 3.05) is 6.54 Å². The lowest BCUT2D eigenvalue weighted by Gasteiger charge is -2.29. The lowest BCUT2D eigenvalue weighted by atomic mass is 9.87. The summed E-state index contributed by atoms with van der Waals surface area (Å²) in [5.41, 5.74) is 0. The highest BCUT2D eigenvalue weighted by atomic mass is 14.9. The normalized spacial score (nSPS) is 35.3. The standard InChI is InChI=1S/C11H17N/c1-2-6-10(7-3-1)11-8-4-5-9-12-11/h1-3,6,10-12H,4-5,7-9H2/t10-,11-/m0/s1. The van der Waals surface area contributed by atoms with E-state index in [0.29, 0.717) is 0 Å². The van der Waals surface area contributed by atoms with Gasteiger partial charge >= 0.3 is 0 Å². The monoisotopic (exact) mass is 163 g/mol. The lowest BCUT2D eigenvalue weighted by molar-refractivity contribution is 0.332. The fourth-order valence-electron chi connectivity index (χ4n) is 2.14. The summed E-state index contributed by atoms with van der Waals surface area (Å²) in [5.74, 6) is 0.760. The van der Waals surface area contributed by atoms with Crippen molar-refractivity contribution in [3.05, 3.63) is 24.3 Å². The number of hydrogen-bond donors (Lipinski definition) is 1. The second kappa shape index (κ2) is 3.90. The van der Waals surface area contributed by atoms with Gasteiger partial charge in [-0.25, -0.2) is 0 Å². The van der Waals surface area contributed by atoms with Crippen LogP contribution in [0.3, 0.4) is 0 Å². The molecule has 2 rings (SSSR count). The third-order valence-electron chi connectivity index (χ3n) is 2.88. The number of nitrogens with one attached hydrogen (secondary N) is 1. The predicted octanol–water partition coefficient (Wildman–Crippen LogP) is 2.26. The Labute approximate surface area is 74.5 Å². The van der Waals surface area contributed by atoms with Crippen molar-refractivity contribution in [3.63, 3.8) is 0 Å². The third-order valence-corrected chi connectivity index (χ3v) is 2.88. The van der Waals surface area contributed by atoms with Crippen molar-refractivity contribution < 1.29 is 0 Å². The maximum atomic E-state index is 3.60. The van der Waals surface area contributed by atoms with E-state index in [1.807, 2.05) is 0 Å². The van der Waals surface area contributed by atoms with E-state index in [2.05, 4.69) is 29.6 Å². The maximum Gasteiger partial charge on any atom is 0.0133 e. The van der Waals surface area contributed by atoms with Crippen LogP contribution in [0.2, 0.25) is 0 Å². The molecular formula is C11H17N. The first kappa shape index (κ1) is 8.06. The molecule has 2 atom stereocenters. The molecule has 12 heavy (non-hydrogen) atoms. The molecule has 1 fully saturated rings. The average Bonchev–Trinajstić information content (AvgIpc) is 2.21. The summed E-state index contributed by atoms with van der Waals surface area (Å²) in [4.78, 5) is 0. The van der Waals surface area contributed by atoms with Crippen molar-refractivity contribution in [1.82, 2.24) is 5.32 Å². The van der Waals surface area contributed by atoms with Crippen molar-refractivity contribution in [1.29, 1.82) is 0 Å². The molecule has 1 aliphatic heterocycles. The Morgan fingerprint density at radius 3 is 2.83 bits per heavy atom. The molecule has 0 spiro atoms. The van der Waals surface area contributed by atoms with Crippen LogP contribution in [-0.2, 0) is 0 Å². The fourth-order valence-corrected chi connectivity index (χ4v) is 2.14. The summed E-state index contributed by atoms with van der Waals surface area (Å²) in [7, 11) is 0. The van der Waals surface area contributed by atoms with Gasteiger partial charge in [-0.05, 0) is 31.7 Å². The van der Waals surface area contributed by atoms with Gasteiger partial charge in [-0.2, -0.15) is 0 Å². The molecule has 66 valence electrons. The summed E-state index contributed by atoms with van der Waals surface area (Å²) in [6, 6.07) is 0.750. The zero-order valence-electron chi connectivity index (χ0n) is 7.50. The van der Waals surface area contributed by atoms with Gasteiger partial charge in [0, 0.05) is 6.04 Å². The topological polar surface area (TPSA) is 12.0 Å². The fraction of sp³-hybridized carbons (Fsp3) is 0.636. The summed E-state index contributed by atoms with van der Waals surface area (Å²) in [5, 5.41) is 3.60. The van der Waals surface area contributed by atoms with Crippen molar-refractivity contribution in [3.8, 4) is 0 Å². The van der Waals surface area contributed by atoms with Gasteiger partial charge in [0.25, 0.3) is 0 Å². The van der Waals surface area contributed by atoms with E-state index >= 15 is 0 Å². The van der Waals surface area contributed by atoms with Gasteiger partial charge in [0.15, 0.2) is 0 Å². The van der Waals surface area contributed by atoms with Gasteiger partial charge in [0.2, 0.25) is 0 Å². The molecule has 1 heteroatoms. The average molecular weight is 163 g/mol. The Morgan fingerprint density at radius 2 is 2.17 bits per heavy atom. The highest BCUT2D eigenvalue weighted by Gasteiger charge is 2.20. The minimum atomic E-state index is 0.750. The van der Waals surface area contributed by atoms with Gasteiger partial charge in [0.05, 0.1) is 0 Å². The molecule has 0 aromatic carbocycles. The third kappa shape index (κ3) is 1.78. The summed E-state index contributed by atoms with van der Waals surface area (Å²) >= 11 is 0. The van der Waals surface area contributed by atoms with E-state index in [9.17, 15) is 0 Å². The first-order chi connectivity index (χ1) is 5.97. The van der Waals surface area contributed by atoms with Crippen LogP contribution < -0.4 is 5.32 Å². The molecule has 0 amide bonds. The minimum absolute atomic E-state index is 0.750. The van der Waals surface area contributed by atoms with Crippen molar-refractivity contribution in [2.24, 2.45) is 5.92 Å². The van der Waals surface area contributed by atoms with Gasteiger partial charge < -0.3 is 5.32 Å². The molecule has 2 aliphatic rings. The van der Waals surface area contributed by atoms with Gasteiger partial charge in [-0.3, -0.25) is 0 Å². The van der Waals surface area contributed by atoms with E-state index in [-0.39, 0.29) is 0 Å². The van der Waals surface area contributed by atoms with E-state index in [4.69, 9.17) is 0 Å². The van der Waals surface area contributed by atoms with E-state index < -0.39 is 0 Å². The van der Waals surface area contributed by atoms with Gasteiger partial charge in [-0.1, -0.05) is 30.7 Å². The maximum absolute atomic E-state index is 3.60. The van der Waals surface area contributed by atoms with E-state index in [0.717, 1.165) is 12.0 Å². The van der Waals surface area contributed by atoms with Gasteiger partial charge in [0.1, 0.15) is 0 Å². The van der Waals surface area contributed by atoms with E-state index in [1.165, 1.54) is 32.2 Å². The van der Waals surface area contributed by atoms with Crippen LogP contribution in [0.1, 0.15) is 25.7 Å². The molecule has 0 radical (unpaired) electrons. The van der Waals surface area contributed by atoms with Crippen LogP contribution in [0.25, 0.3) is 0 Å². The highest BCUT2D eigenvalue weighted by Crippen LogP contribution is 2.21. The second-order valence-electron chi connectivity index (χ2n) is 3.77. The lowest BCUT2D eigenvalue weighted by Crippen LogP contribution is -2.39. The first-order valence-corrected chi connectivity index (χ1v) is 5.03. The minimum Gasteiger partial charge on any atom is -0.313 e. The Kier molecular flexibility index (Phi) is 2.62. The van der Waals surface area contributed by atoms with Crippen molar-refractivity contribution >= 4 is 0 Å². The second-order valence-corrected chi connectivity index (χ2v) is 3.77. The Hall–Kier alpha value is -0.560. The molecule has 0 bridgehead atoms. The van der Waals surface area contributed by atoms with Crippen LogP contribution in [0, 0.1) is 5.92 Å². The van der Waals surface area contributed by atoms with Gasteiger partial charge in [-0.15, -0.1) is 0 Å². The van der Waals surface area contributed by atoms with Crippen LogP contribution in [0.15, 0.2) is 24.3 Å². The molecule has 1 nitrogen and oxygen atoms in total. The highest BCUT2D eigenvalue weighted by molar-refractivity contribution is 5.13. The number of allylic oxidation sites excluding steroid dienone is 3. The van der Waals surface area contributed by atoms with Crippen LogP contribution >= 0.6 is 0 Å². The molecule has 0 aromatic rings. The zero-order chi connectivity index (χ0) is 8.23.